The molecule has 1 aromatic carbocycles. The summed E-state index contributed by atoms with van der Waals surface area (Å²) >= 11 is 0. The van der Waals surface area contributed by atoms with E-state index < -0.39 is 11.9 Å². The zero-order valence-electron chi connectivity index (χ0n) is 12.3. The molecule has 5 heteroatoms. The third-order valence-electron chi connectivity index (χ3n) is 2.91. The summed E-state index contributed by atoms with van der Waals surface area (Å²) in [6.07, 6.45) is 1.95. The van der Waals surface area contributed by atoms with Crippen molar-refractivity contribution in [1.29, 1.82) is 0 Å². The predicted molar refractivity (Wildman–Crippen MR) is 78.2 cm³/mol. The monoisotopic (exact) mass is 287 g/mol. The summed E-state index contributed by atoms with van der Waals surface area (Å²) in [5, 5.41) is 0. The van der Waals surface area contributed by atoms with E-state index in [4.69, 9.17) is 9.47 Å². The van der Waals surface area contributed by atoms with Crippen LogP contribution in [0.5, 0.6) is 11.5 Å². The van der Waals surface area contributed by atoms with Crippen molar-refractivity contribution in [1.82, 2.24) is 4.57 Å². The summed E-state index contributed by atoms with van der Waals surface area (Å²) in [6, 6.07) is 8.87. The van der Waals surface area contributed by atoms with Crippen LogP contribution in [0.15, 0.2) is 36.5 Å². The van der Waals surface area contributed by atoms with E-state index in [1.54, 1.807) is 18.2 Å². The van der Waals surface area contributed by atoms with Gasteiger partial charge in [0.15, 0.2) is 0 Å². The first kappa shape index (κ1) is 14.8. The Hall–Kier alpha value is -2.56. The minimum absolute atomic E-state index is 0.345. The van der Waals surface area contributed by atoms with Crippen molar-refractivity contribution in [2.45, 2.75) is 27.3 Å². The van der Waals surface area contributed by atoms with Crippen LogP contribution >= 0.6 is 0 Å². The molecule has 1 heterocycles. The fourth-order valence-electron chi connectivity index (χ4n) is 2.12. The molecule has 0 aliphatic heterocycles. The summed E-state index contributed by atoms with van der Waals surface area (Å²) in [4.78, 5) is 22.3. The molecule has 0 aliphatic carbocycles. The van der Waals surface area contributed by atoms with E-state index in [0.29, 0.717) is 11.5 Å². The third kappa shape index (κ3) is 3.51. The lowest BCUT2D eigenvalue weighted by Crippen LogP contribution is -2.06. The Bertz CT molecular complexity index is 673. The van der Waals surface area contributed by atoms with Gasteiger partial charge in [0.25, 0.3) is 0 Å². The summed E-state index contributed by atoms with van der Waals surface area (Å²) in [5.74, 6) is -0.133. The molecule has 5 nitrogen and oxygen atoms in total. The van der Waals surface area contributed by atoms with Gasteiger partial charge in [-0.1, -0.05) is 0 Å². The minimum atomic E-state index is -0.425. The van der Waals surface area contributed by atoms with E-state index in [1.807, 2.05) is 29.8 Å². The van der Waals surface area contributed by atoms with E-state index >= 15 is 0 Å². The Labute approximate surface area is 123 Å². The number of aryl methyl sites for hydroxylation is 1. The standard InChI is InChI=1S/C16H17NO4/c1-4-17-9-5-6-15(17)14-8-7-13(20-11(2)18)10-16(14)21-12(3)19/h5-10H,4H2,1-3H3. The van der Waals surface area contributed by atoms with Crippen LogP contribution in [0, 0.1) is 0 Å². The maximum absolute atomic E-state index is 11.3. The number of hydrogen-bond donors (Lipinski definition) is 0. The van der Waals surface area contributed by atoms with E-state index in [9.17, 15) is 9.59 Å². The molecule has 0 bridgehead atoms. The molecular formula is C16H17NO4. The first-order valence-corrected chi connectivity index (χ1v) is 6.67. The number of benzene rings is 1. The van der Waals surface area contributed by atoms with Gasteiger partial charge in [0.1, 0.15) is 11.5 Å². The fraction of sp³-hybridized carbons (Fsp3) is 0.250. The number of carbonyl (C=O) groups is 2. The molecule has 110 valence electrons. The topological polar surface area (TPSA) is 57.5 Å². The predicted octanol–water partition coefficient (Wildman–Crippen LogP) is 3.03. The highest BCUT2D eigenvalue weighted by molar-refractivity contribution is 5.77. The highest BCUT2D eigenvalue weighted by Gasteiger charge is 2.13. The zero-order valence-corrected chi connectivity index (χ0v) is 12.3. The van der Waals surface area contributed by atoms with Crippen molar-refractivity contribution in [2.24, 2.45) is 0 Å². The van der Waals surface area contributed by atoms with Crippen LogP contribution in [0.3, 0.4) is 0 Å². The van der Waals surface area contributed by atoms with Crippen molar-refractivity contribution in [3.8, 4) is 22.8 Å². The second kappa shape index (κ2) is 6.26. The zero-order chi connectivity index (χ0) is 15.4. The maximum atomic E-state index is 11.3. The molecule has 0 aliphatic rings. The Morgan fingerprint density at radius 1 is 1.10 bits per heavy atom. The average molecular weight is 287 g/mol. The Kier molecular flexibility index (Phi) is 4.42. The van der Waals surface area contributed by atoms with Gasteiger partial charge in [0.05, 0.1) is 5.69 Å². The van der Waals surface area contributed by atoms with Crippen molar-refractivity contribution in [2.75, 3.05) is 0 Å². The lowest BCUT2D eigenvalue weighted by atomic mass is 10.1. The molecule has 2 aromatic rings. The lowest BCUT2D eigenvalue weighted by Gasteiger charge is -2.13. The molecular weight excluding hydrogens is 270 g/mol. The van der Waals surface area contributed by atoms with Crippen LogP contribution in [0.25, 0.3) is 11.3 Å². The van der Waals surface area contributed by atoms with Crippen LogP contribution in [-0.4, -0.2) is 16.5 Å². The first-order valence-electron chi connectivity index (χ1n) is 6.67. The second-order valence-electron chi connectivity index (χ2n) is 4.52. The van der Waals surface area contributed by atoms with Crippen LogP contribution in [0.2, 0.25) is 0 Å². The number of hydrogen-bond acceptors (Lipinski definition) is 4. The molecule has 0 amide bonds. The van der Waals surface area contributed by atoms with Gasteiger partial charge >= 0.3 is 11.9 Å². The smallest absolute Gasteiger partial charge is 0.308 e. The van der Waals surface area contributed by atoms with Crippen molar-refractivity contribution < 1.29 is 19.1 Å². The SMILES string of the molecule is CCn1cccc1-c1ccc(OC(C)=O)cc1OC(C)=O. The highest BCUT2D eigenvalue weighted by atomic mass is 16.5. The third-order valence-corrected chi connectivity index (χ3v) is 2.91. The molecule has 0 atom stereocenters. The van der Waals surface area contributed by atoms with E-state index in [2.05, 4.69) is 0 Å². The van der Waals surface area contributed by atoms with Gasteiger partial charge in [-0.25, -0.2) is 0 Å². The first-order chi connectivity index (χ1) is 10.0. The number of rotatable bonds is 4. The summed E-state index contributed by atoms with van der Waals surface area (Å²) < 4.78 is 12.3. The van der Waals surface area contributed by atoms with Gasteiger partial charge in [-0.05, 0) is 31.2 Å². The van der Waals surface area contributed by atoms with Crippen LogP contribution in [-0.2, 0) is 16.1 Å². The largest absolute Gasteiger partial charge is 0.427 e. The molecule has 1 aromatic heterocycles. The minimum Gasteiger partial charge on any atom is -0.427 e. The number of ether oxygens (including phenoxy) is 2. The van der Waals surface area contributed by atoms with E-state index in [1.165, 1.54) is 13.8 Å². The quantitative estimate of drug-likeness (QED) is 0.640. The molecule has 0 saturated heterocycles. The number of aromatic nitrogens is 1. The maximum Gasteiger partial charge on any atom is 0.308 e. The van der Waals surface area contributed by atoms with Crippen molar-refractivity contribution in [3.05, 3.63) is 36.5 Å². The van der Waals surface area contributed by atoms with Crippen molar-refractivity contribution in [3.63, 3.8) is 0 Å². The van der Waals surface area contributed by atoms with Crippen LogP contribution in [0.4, 0.5) is 0 Å². The average Bonchev–Trinajstić information content (AvgIpc) is 2.85. The van der Waals surface area contributed by atoms with Gasteiger partial charge in [-0.2, -0.15) is 0 Å². The fourth-order valence-corrected chi connectivity index (χ4v) is 2.12. The molecule has 0 fully saturated rings. The highest BCUT2D eigenvalue weighted by Crippen LogP contribution is 2.34. The normalized spacial score (nSPS) is 10.2. The van der Waals surface area contributed by atoms with Gasteiger partial charge in [-0.3, -0.25) is 9.59 Å². The Morgan fingerprint density at radius 2 is 1.81 bits per heavy atom. The molecule has 0 spiro atoms. The number of esters is 2. The second-order valence-corrected chi connectivity index (χ2v) is 4.52. The summed E-state index contributed by atoms with van der Waals surface area (Å²) in [6.45, 7) is 5.48. The van der Waals surface area contributed by atoms with Gasteiger partial charge in [0, 0.05) is 38.2 Å². The van der Waals surface area contributed by atoms with Crippen molar-refractivity contribution >= 4 is 11.9 Å². The molecule has 2 rings (SSSR count). The lowest BCUT2D eigenvalue weighted by molar-refractivity contribution is -0.132. The molecule has 0 N–H and O–H groups in total. The molecule has 0 unspecified atom stereocenters. The van der Waals surface area contributed by atoms with Gasteiger partial charge < -0.3 is 14.0 Å². The number of carbonyl (C=O) groups excluding carboxylic acids is 2. The van der Waals surface area contributed by atoms with Crippen LogP contribution < -0.4 is 9.47 Å². The number of nitrogens with zero attached hydrogens (tertiary/aromatic N) is 1. The Morgan fingerprint density at radius 3 is 2.43 bits per heavy atom. The summed E-state index contributed by atoms with van der Waals surface area (Å²) in [7, 11) is 0. The molecule has 0 radical (unpaired) electrons. The van der Waals surface area contributed by atoms with Gasteiger partial charge in [0.2, 0.25) is 0 Å². The molecule has 0 saturated carbocycles. The van der Waals surface area contributed by atoms with Crippen LogP contribution in [0.1, 0.15) is 20.8 Å². The van der Waals surface area contributed by atoms with E-state index in [0.717, 1.165) is 17.8 Å². The summed E-state index contributed by atoms with van der Waals surface area (Å²) in [5.41, 5.74) is 1.70. The van der Waals surface area contributed by atoms with E-state index in [-0.39, 0.29) is 0 Å². The molecule has 21 heavy (non-hydrogen) atoms. The van der Waals surface area contributed by atoms with Gasteiger partial charge in [-0.15, -0.1) is 0 Å². The Balaban J connectivity index is 2.49.